The fourth-order valence-corrected chi connectivity index (χ4v) is 14.8. The molecule has 3 saturated heterocycles. The quantitative estimate of drug-likeness (QED) is 0.121. The Morgan fingerprint density at radius 3 is 1.94 bits per heavy atom. The molecule has 0 aromatic heterocycles. The van der Waals surface area contributed by atoms with Crippen LogP contribution in [0.5, 0.6) is 0 Å². The van der Waals surface area contributed by atoms with Crippen LogP contribution in [0.3, 0.4) is 0 Å². The van der Waals surface area contributed by atoms with Gasteiger partial charge in [-0.2, -0.15) is 0 Å². The summed E-state index contributed by atoms with van der Waals surface area (Å²) < 4.78 is 35.7. The third kappa shape index (κ3) is 7.57. The van der Waals surface area contributed by atoms with Crippen LogP contribution < -0.4 is 0 Å². The maximum Gasteiger partial charge on any atom is 0.315 e. The molecule has 376 valence electrons. The number of esters is 1. The first kappa shape index (κ1) is 50.5. The highest BCUT2D eigenvalue weighted by molar-refractivity contribution is 5.79. The fraction of sp³-hybridized carbons (Fsp3) is 0.917. The summed E-state index contributed by atoms with van der Waals surface area (Å²) in [7, 11) is 0. The van der Waals surface area contributed by atoms with E-state index in [9.17, 15) is 55.9 Å². The van der Waals surface area contributed by atoms with Gasteiger partial charge in [0.05, 0.1) is 35.7 Å². The van der Waals surface area contributed by atoms with Crippen LogP contribution in [0.25, 0.3) is 0 Å². The lowest BCUT2D eigenvalue weighted by Gasteiger charge is -2.71. The zero-order valence-corrected chi connectivity index (χ0v) is 39.6. The number of hydrogen-bond donors (Lipinski definition) is 10. The highest BCUT2D eigenvalue weighted by Crippen LogP contribution is 2.76. The van der Waals surface area contributed by atoms with Gasteiger partial charge in [-0.05, 0) is 124 Å². The van der Waals surface area contributed by atoms with E-state index in [0.717, 1.165) is 19.3 Å². The summed E-state index contributed by atoms with van der Waals surface area (Å²) in [6, 6.07) is 0. The molecule has 0 aromatic carbocycles. The second-order valence-corrected chi connectivity index (χ2v) is 23.2. The summed E-state index contributed by atoms with van der Waals surface area (Å²) in [6.45, 7) is 15.4. The van der Waals surface area contributed by atoms with Gasteiger partial charge in [0.25, 0.3) is 0 Å². The Labute approximate surface area is 386 Å². The Kier molecular flexibility index (Phi) is 13.4. The second-order valence-electron chi connectivity index (χ2n) is 23.2. The van der Waals surface area contributed by atoms with Crippen molar-refractivity contribution in [1.82, 2.24) is 0 Å². The van der Waals surface area contributed by atoms with Gasteiger partial charge in [0, 0.05) is 0 Å². The molecule has 0 bridgehead atoms. The smallest absolute Gasteiger partial charge is 0.315 e. The van der Waals surface area contributed by atoms with Crippen molar-refractivity contribution in [3.8, 4) is 0 Å². The van der Waals surface area contributed by atoms with Crippen molar-refractivity contribution in [2.75, 3.05) is 6.61 Å². The van der Waals surface area contributed by atoms with Crippen LogP contribution in [0.15, 0.2) is 11.6 Å². The third-order valence-corrected chi connectivity index (χ3v) is 19.4. The standard InChI is InChI=1S/C48H76O18/c1-21-29(51)32(54)37(65-38-35(57)33(55)36(22(2)62-38)64-39-34(56)31(53)30(52)25(20-49)63-39)40(61-21)66-42(60)48-17-15-43(3,4)19-24(48)23-9-10-26-44(5)13-12-28(50)47(8,41(58)59)27(44)11-14-46(26,7)45(23,6)16-18-48/h9,21-22,24-40,49-57H,10-20H2,1-8H3,(H,58,59). The molecule has 8 aliphatic rings. The van der Waals surface area contributed by atoms with E-state index in [2.05, 4.69) is 40.7 Å². The van der Waals surface area contributed by atoms with Gasteiger partial charge >= 0.3 is 11.9 Å². The highest BCUT2D eigenvalue weighted by Gasteiger charge is 2.71. The van der Waals surface area contributed by atoms with Gasteiger partial charge in [0.15, 0.2) is 18.7 Å². The van der Waals surface area contributed by atoms with E-state index in [1.807, 2.05) is 0 Å². The molecule has 18 nitrogen and oxygen atoms in total. The summed E-state index contributed by atoms with van der Waals surface area (Å²) >= 11 is 0. The summed E-state index contributed by atoms with van der Waals surface area (Å²) in [5.41, 5.74) is -2.03. The van der Waals surface area contributed by atoms with Crippen molar-refractivity contribution in [2.24, 2.45) is 50.2 Å². The minimum Gasteiger partial charge on any atom is -0.481 e. The lowest BCUT2D eigenvalue weighted by molar-refractivity contribution is -0.377. The highest BCUT2D eigenvalue weighted by atomic mass is 16.8. The molecule has 8 rings (SSSR count). The molecular weight excluding hydrogens is 865 g/mol. The largest absolute Gasteiger partial charge is 0.481 e. The number of hydrogen-bond acceptors (Lipinski definition) is 17. The third-order valence-electron chi connectivity index (χ3n) is 19.4. The zero-order chi connectivity index (χ0) is 48.4. The van der Waals surface area contributed by atoms with Gasteiger partial charge < -0.3 is 79.5 Å². The summed E-state index contributed by atoms with van der Waals surface area (Å²) in [5.74, 6) is -1.76. The Morgan fingerprint density at radius 2 is 1.27 bits per heavy atom. The maximum absolute atomic E-state index is 15.2. The average Bonchev–Trinajstić information content (AvgIpc) is 3.25. The summed E-state index contributed by atoms with van der Waals surface area (Å²) in [5, 5.41) is 108. The molecule has 0 amide bonds. The molecule has 0 aromatic rings. The van der Waals surface area contributed by atoms with Crippen LogP contribution in [-0.2, 0) is 38.0 Å². The van der Waals surface area contributed by atoms with Crippen molar-refractivity contribution in [3.63, 3.8) is 0 Å². The van der Waals surface area contributed by atoms with E-state index >= 15 is 4.79 Å². The van der Waals surface area contributed by atoms with Crippen LogP contribution >= 0.6 is 0 Å². The minimum atomic E-state index is -1.88. The van der Waals surface area contributed by atoms with E-state index in [1.165, 1.54) is 19.4 Å². The van der Waals surface area contributed by atoms with Crippen LogP contribution in [0, 0.1) is 50.2 Å². The molecule has 18 heteroatoms. The molecule has 10 N–H and O–H groups in total. The normalized spacial score (nSPS) is 54.7. The van der Waals surface area contributed by atoms with Crippen molar-refractivity contribution >= 4 is 11.9 Å². The Morgan fingerprint density at radius 1 is 0.667 bits per heavy atom. The Bertz CT molecular complexity index is 1860. The van der Waals surface area contributed by atoms with E-state index in [0.29, 0.717) is 44.9 Å². The number of rotatable bonds is 8. The molecule has 66 heavy (non-hydrogen) atoms. The van der Waals surface area contributed by atoms with Crippen LogP contribution in [0.2, 0.25) is 0 Å². The molecule has 5 aliphatic carbocycles. The van der Waals surface area contributed by atoms with E-state index < -0.39 is 128 Å². The molecule has 4 saturated carbocycles. The molecule has 24 atom stereocenters. The van der Waals surface area contributed by atoms with Crippen LogP contribution in [0.1, 0.15) is 120 Å². The number of aliphatic carboxylic acids is 1. The number of fused-ring (bicyclic) bond motifs is 7. The second kappa shape index (κ2) is 17.5. The zero-order valence-electron chi connectivity index (χ0n) is 39.6. The molecular formula is C48H76O18. The van der Waals surface area contributed by atoms with E-state index in [-0.39, 0.29) is 39.4 Å². The van der Waals surface area contributed by atoms with Gasteiger partial charge in [-0.15, -0.1) is 0 Å². The lowest BCUT2D eigenvalue weighted by atomic mass is 9.33. The molecule has 3 heterocycles. The fourth-order valence-electron chi connectivity index (χ4n) is 14.8. The number of carboxylic acid groups (broad SMARTS) is 1. The molecule has 0 radical (unpaired) electrons. The van der Waals surface area contributed by atoms with Crippen molar-refractivity contribution in [2.45, 2.75) is 218 Å². The first-order chi connectivity index (χ1) is 30.7. The monoisotopic (exact) mass is 941 g/mol. The molecule has 3 aliphatic heterocycles. The van der Waals surface area contributed by atoms with E-state index in [4.69, 9.17) is 28.4 Å². The van der Waals surface area contributed by atoms with Crippen molar-refractivity contribution in [1.29, 1.82) is 0 Å². The first-order valence-electron chi connectivity index (χ1n) is 24.2. The number of carbonyl (C=O) groups excluding carboxylic acids is 1. The minimum absolute atomic E-state index is 0.115. The number of allylic oxidation sites excluding steroid dienone is 2. The number of ether oxygens (including phenoxy) is 6. The van der Waals surface area contributed by atoms with Crippen LogP contribution in [-0.4, -0.2) is 168 Å². The van der Waals surface area contributed by atoms with Crippen molar-refractivity contribution in [3.05, 3.63) is 11.6 Å². The topological polar surface area (TPSA) is 292 Å². The molecule has 0 spiro atoms. The summed E-state index contributed by atoms with van der Waals surface area (Å²) in [6.07, 6.45) is -15.6. The Balaban J connectivity index is 1.04. The lowest BCUT2D eigenvalue weighted by Crippen LogP contribution is -2.67. The van der Waals surface area contributed by atoms with Gasteiger partial charge in [-0.25, -0.2) is 0 Å². The number of aliphatic hydroxyl groups is 9. The van der Waals surface area contributed by atoms with E-state index in [1.54, 1.807) is 6.92 Å². The van der Waals surface area contributed by atoms with Gasteiger partial charge in [-0.3, -0.25) is 9.59 Å². The predicted molar refractivity (Wildman–Crippen MR) is 229 cm³/mol. The number of carboxylic acids is 1. The van der Waals surface area contributed by atoms with Crippen molar-refractivity contribution < 1.29 is 89.1 Å². The van der Waals surface area contributed by atoms with Gasteiger partial charge in [0.2, 0.25) is 6.29 Å². The average molecular weight is 941 g/mol. The molecule has 24 unspecified atom stereocenters. The summed E-state index contributed by atoms with van der Waals surface area (Å²) in [4.78, 5) is 28.1. The van der Waals surface area contributed by atoms with Gasteiger partial charge in [0.1, 0.15) is 54.9 Å². The van der Waals surface area contributed by atoms with Crippen LogP contribution in [0.4, 0.5) is 0 Å². The molecule has 7 fully saturated rings. The number of aliphatic hydroxyl groups excluding tert-OH is 9. The predicted octanol–water partition coefficient (Wildman–Crippen LogP) is 1.26. The first-order valence-corrected chi connectivity index (χ1v) is 24.2. The maximum atomic E-state index is 15.2. The number of carbonyl (C=O) groups is 2. The van der Waals surface area contributed by atoms with Gasteiger partial charge in [-0.1, -0.05) is 46.3 Å². The SMILES string of the molecule is CC1OC(OC(=O)C23CCC(C)(C)CC2C2=CCC4C5(C)CCC(O)C(C)(C(=O)O)C5CCC4(C)C2(C)CC3)C(OC2OC(C)C(OC3OC(CO)C(O)C(O)C3O)C(O)C2O)C(O)C1O. The Hall–Kier alpha value is -1.88.